The molecule has 1 aliphatic heterocycles. The molecule has 0 aromatic heterocycles. The van der Waals surface area contributed by atoms with Crippen LogP contribution >= 0.6 is 0 Å². The van der Waals surface area contributed by atoms with Crippen molar-refractivity contribution in [1.82, 2.24) is 14.7 Å². The van der Waals surface area contributed by atoms with Crippen molar-refractivity contribution in [2.75, 3.05) is 45.9 Å². The summed E-state index contributed by atoms with van der Waals surface area (Å²) >= 11 is 0. The van der Waals surface area contributed by atoms with E-state index in [9.17, 15) is 14.4 Å². The zero-order chi connectivity index (χ0) is 23.6. The fourth-order valence-electron chi connectivity index (χ4n) is 3.98. The van der Waals surface area contributed by atoms with Crippen LogP contribution in [0.2, 0.25) is 0 Å². The normalized spacial score (nSPS) is 16.4. The lowest BCUT2D eigenvalue weighted by molar-refractivity contribution is -0.138. The molecule has 1 heterocycles. The fourth-order valence-corrected chi connectivity index (χ4v) is 3.98. The number of rotatable bonds is 9. The Morgan fingerprint density at radius 3 is 2.24 bits per heavy atom. The molecule has 2 aromatic rings. The van der Waals surface area contributed by atoms with Crippen molar-refractivity contribution in [3.63, 3.8) is 0 Å². The van der Waals surface area contributed by atoms with Crippen LogP contribution in [-0.2, 0) is 20.7 Å². The van der Waals surface area contributed by atoms with Gasteiger partial charge in [0.25, 0.3) is 5.91 Å². The first-order chi connectivity index (χ1) is 16.0. The van der Waals surface area contributed by atoms with Crippen molar-refractivity contribution >= 4 is 17.7 Å². The van der Waals surface area contributed by atoms with Crippen molar-refractivity contribution in [2.24, 2.45) is 0 Å². The molecule has 0 spiro atoms. The van der Waals surface area contributed by atoms with E-state index in [1.807, 2.05) is 50.2 Å². The summed E-state index contributed by atoms with van der Waals surface area (Å²) in [6.07, 6.45) is 0.268. The molecule has 2 aromatic carbocycles. The van der Waals surface area contributed by atoms with Crippen LogP contribution in [0.3, 0.4) is 0 Å². The van der Waals surface area contributed by atoms with Crippen molar-refractivity contribution < 1.29 is 19.1 Å². The second-order valence-electron chi connectivity index (χ2n) is 8.13. The van der Waals surface area contributed by atoms with Gasteiger partial charge in [-0.15, -0.1) is 0 Å². The van der Waals surface area contributed by atoms with Gasteiger partial charge in [0.1, 0.15) is 13.2 Å². The lowest BCUT2D eigenvalue weighted by Gasteiger charge is -2.26. The van der Waals surface area contributed by atoms with Crippen LogP contribution in [0, 0.1) is 0 Å². The largest absolute Gasteiger partial charge is 0.365 e. The SMILES string of the molecule is CCN(CC)C(=O)CO[C@@H]1CN(CCc2ccccc2)C(=O)CN(C(=O)c2ccccc2)C1. The van der Waals surface area contributed by atoms with Crippen molar-refractivity contribution in [3.8, 4) is 0 Å². The molecule has 7 nitrogen and oxygen atoms in total. The maximum absolute atomic E-state index is 13.1. The predicted octanol–water partition coefficient (Wildman–Crippen LogP) is 2.47. The third-order valence-electron chi connectivity index (χ3n) is 5.91. The van der Waals surface area contributed by atoms with E-state index in [4.69, 9.17) is 4.74 Å². The highest BCUT2D eigenvalue weighted by Gasteiger charge is 2.31. The summed E-state index contributed by atoms with van der Waals surface area (Å²) in [6, 6.07) is 18.9. The summed E-state index contributed by atoms with van der Waals surface area (Å²) in [6.45, 7) is 6.14. The van der Waals surface area contributed by atoms with Gasteiger partial charge in [-0.1, -0.05) is 48.5 Å². The van der Waals surface area contributed by atoms with E-state index < -0.39 is 6.10 Å². The molecule has 7 heteroatoms. The molecule has 1 aliphatic rings. The number of benzene rings is 2. The molecule has 1 atom stereocenters. The van der Waals surface area contributed by atoms with Gasteiger partial charge in [-0.05, 0) is 38.0 Å². The van der Waals surface area contributed by atoms with E-state index in [1.54, 1.807) is 34.1 Å². The van der Waals surface area contributed by atoms with Crippen LogP contribution in [0.1, 0.15) is 29.8 Å². The van der Waals surface area contributed by atoms with Crippen LogP contribution in [0.5, 0.6) is 0 Å². The fraction of sp³-hybridized carbons (Fsp3) is 0.423. The number of hydrogen-bond acceptors (Lipinski definition) is 4. The molecule has 0 radical (unpaired) electrons. The molecule has 3 amide bonds. The molecule has 0 N–H and O–H groups in total. The summed E-state index contributed by atoms with van der Waals surface area (Å²) < 4.78 is 5.98. The monoisotopic (exact) mass is 451 g/mol. The van der Waals surface area contributed by atoms with E-state index >= 15 is 0 Å². The smallest absolute Gasteiger partial charge is 0.254 e. The first-order valence-corrected chi connectivity index (χ1v) is 11.6. The summed E-state index contributed by atoms with van der Waals surface area (Å²) in [5.41, 5.74) is 1.67. The predicted molar refractivity (Wildman–Crippen MR) is 127 cm³/mol. The Labute approximate surface area is 195 Å². The molecule has 33 heavy (non-hydrogen) atoms. The van der Waals surface area contributed by atoms with Gasteiger partial charge in [-0.2, -0.15) is 0 Å². The van der Waals surface area contributed by atoms with Gasteiger partial charge in [-0.3, -0.25) is 14.4 Å². The zero-order valence-corrected chi connectivity index (χ0v) is 19.5. The molecular formula is C26H33N3O4. The van der Waals surface area contributed by atoms with Crippen LogP contribution in [0.15, 0.2) is 60.7 Å². The summed E-state index contributed by atoms with van der Waals surface area (Å²) in [5, 5.41) is 0. The molecule has 0 bridgehead atoms. The lowest BCUT2D eigenvalue weighted by Crippen LogP contribution is -2.41. The van der Waals surface area contributed by atoms with Gasteiger partial charge in [-0.25, -0.2) is 0 Å². The number of carbonyl (C=O) groups is 3. The van der Waals surface area contributed by atoms with Gasteiger partial charge in [0.2, 0.25) is 11.8 Å². The maximum atomic E-state index is 13.1. The van der Waals surface area contributed by atoms with E-state index in [0.29, 0.717) is 38.2 Å². The van der Waals surface area contributed by atoms with Gasteiger partial charge < -0.3 is 19.4 Å². The molecule has 176 valence electrons. The molecule has 1 fully saturated rings. The van der Waals surface area contributed by atoms with E-state index in [0.717, 1.165) is 5.56 Å². The Balaban J connectivity index is 1.73. The summed E-state index contributed by atoms with van der Waals surface area (Å²) in [5.74, 6) is -0.416. The Hall–Kier alpha value is -3.19. The molecule has 0 unspecified atom stereocenters. The third-order valence-corrected chi connectivity index (χ3v) is 5.91. The highest BCUT2D eigenvalue weighted by molar-refractivity contribution is 5.96. The Kier molecular flexibility index (Phi) is 9.01. The number of hydrogen-bond donors (Lipinski definition) is 0. The van der Waals surface area contributed by atoms with E-state index in [-0.39, 0.29) is 37.4 Å². The molecular weight excluding hydrogens is 418 g/mol. The molecule has 0 saturated carbocycles. The molecule has 0 aliphatic carbocycles. The van der Waals surface area contributed by atoms with Crippen molar-refractivity contribution in [1.29, 1.82) is 0 Å². The number of carbonyl (C=O) groups excluding carboxylic acids is 3. The second-order valence-corrected chi connectivity index (χ2v) is 8.13. The third kappa shape index (κ3) is 6.89. The highest BCUT2D eigenvalue weighted by Crippen LogP contribution is 2.14. The summed E-state index contributed by atoms with van der Waals surface area (Å²) in [4.78, 5) is 43.6. The Bertz CT molecular complexity index is 916. The first kappa shape index (κ1) is 24.5. The van der Waals surface area contributed by atoms with Gasteiger partial charge in [0.15, 0.2) is 0 Å². The minimum atomic E-state index is -0.445. The minimum Gasteiger partial charge on any atom is -0.365 e. The minimum absolute atomic E-state index is 0.00757. The van der Waals surface area contributed by atoms with Gasteiger partial charge in [0, 0.05) is 38.3 Å². The Morgan fingerprint density at radius 1 is 0.970 bits per heavy atom. The lowest BCUT2D eigenvalue weighted by atomic mass is 10.1. The quantitative estimate of drug-likeness (QED) is 0.587. The molecule has 3 rings (SSSR count). The van der Waals surface area contributed by atoms with E-state index in [1.165, 1.54) is 4.90 Å². The standard InChI is InChI=1S/C26H33N3O4/c1-3-27(4-2)25(31)20-33-23-17-28(16-15-21-11-7-5-8-12-21)24(30)19-29(18-23)26(32)22-13-9-6-10-14-22/h5-14,23H,3-4,15-20H2,1-2H3/t23-/m1/s1. The van der Waals surface area contributed by atoms with Crippen molar-refractivity contribution in [3.05, 3.63) is 71.8 Å². The Morgan fingerprint density at radius 2 is 1.61 bits per heavy atom. The highest BCUT2D eigenvalue weighted by atomic mass is 16.5. The number of nitrogens with zero attached hydrogens (tertiary/aromatic N) is 3. The van der Waals surface area contributed by atoms with Crippen LogP contribution in [0.25, 0.3) is 0 Å². The second kappa shape index (κ2) is 12.2. The van der Waals surface area contributed by atoms with Crippen LogP contribution in [-0.4, -0.2) is 84.4 Å². The molecule has 1 saturated heterocycles. The van der Waals surface area contributed by atoms with Gasteiger partial charge in [0.05, 0.1) is 6.10 Å². The van der Waals surface area contributed by atoms with Gasteiger partial charge >= 0.3 is 0 Å². The number of amides is 3. The average molecular weight is 452 g/mol. The number of ether oxygens (including phenoxy) is 1. The maximum Gasteiger partial charge on any atom is 0.254 e. The van der Waals surface area contributed by atoms with Crippen molar-refractivity contribution in [2.45, 2.75) is 26.4 Å². The van der Waals surface area contributed by atoms with Crippen LogP contribution < -0.4 is 0 Å². The topological polar surface area (TPSA) is 70.2 Å². The first-order valence-electron chi connectivity index (χ1n) is 11.6. The van der Waals surface area contributed by atoms with Crippen LogP contribution in [0.4, 0.5) is 0 Å². The number of likely N-dealkylation sites (N-methyl/N-ethyl adjacent to an activating group) is 1. The van der Waals surface area contributed by atoms with E-state index in [2.05, 4.69) is 0 Å². The zero-order valence-electron chi connectivity index (χ0n) is 19.5. The summed E-state index contributed by atoms with van der Waals surface area (Å²) in [7, 11) is 0. The average Bonchev–Trinajstić information content (AvgIpc) is 3.01.